The van der Waals surface area contributed by atoms with E-state index in [2.05, 4.69) is 0 Å². The van der Waals surface area contributed by atoms with Gasteiger partial charge in [-0.2, -0.15) is 0 Å². The Bertz CT molecular complexity index is 459. The second-order valence-electron chi connectivity index (χ2n) is 5.55. The van der Waals surface area contributed by atoms with Gasteiger partial charge < -0.3 is 5.11 Å². The normalized spacial score (nSPS) is 12.6. The van der Waals surface area contributed by atoms with Crippen LogP contribution >= 0.6 is 0 Å². The second kappa shape index (κ2) is 4.67. The topological polar surface area (TPSA) is 37.3 Å². The molecular weight excluding hydrogens is 238 g/mol. The molecule has 1 rings (SSSR count). The van der Waals surface area contributed by atoms with E-state index in [0.717, 1.165) is 5.56 Å². The van der Waals surface area contributed by atoms with E-state index < -0.39 is 18.3 Å². The molecule has 0 aliphatic rings. The first kappa shape index (κ1) is 14.6. The van der Waals surface area contributed by atoms with Gasteiger partial charge in [0.1, 0.15) is 6.42 Å². The van der Waals surface area contributed by atoms with Crippen molar-refractivity contribution in [2.75, 3.05) is 0 Å². The Balaban J connectivity index is 3.17. The van der Waals surface area contributed by atoms with E-state index in [0.29, 0.717) is 5.56 Å². The summed E-state index contributed by atoms with van der Waals surface area (Å²) in [4.78, 5) is 10.4. The molecule has 1 aromatic carbocycles. The molecule has 0 aromatic heterocycles. The molecule has 0 aliphatic carbocycles. The van der Waals surface area contributed by atoms with Crippen LogP contribution in [0.5, 0.6) is 0 Å². The zero-order valence-electron chi connectivity index (χ0n) is 11.1. The van der Waals surface area contributed by atoms with Crippen LogP contribution in [-0.2, 0) is 16.1 Å². The number of alkyl halides is 2. The summed E-state index contributed by atoms with van der Waals surface area (Å²) in [6.45, 7) is 7.57. The maximum Gasteiger partial charge on any atom is 0.309 e. The summed E-state index contributed by atoms with van der Waals surface area (Å²) in [5, 5.41) is 8.51. The number of rotatable bonds is 3. The van der Waals surface area contributed by atoms with E-state index in [1.807, 2.05) is 20.8 Å². The molecule has 0 radical (unpaired) electrons. The second-order valence-corrected chi connectivity index (χ2v) is 5.55. The van der Waals surface area contributed by atoms with Crippen LogP contribution < -0.4 is 0 Å². The minimum Gasteiger partial charge on any atom is -0.481 e. The van der Waals surface area contributed by atoms with Crippen LogP contribution in [0.2, 0.25) is 0 Å². The SMILES string of the molecule is Cc1cc(C(C)(C)C)ccc1C(F)(F)CC(=O)O. The van der Waals surface area contributed by atoms with Crippen LogP contribution in [0.25, 0.3) is 0 Å². The first-order valence-corrected chi connectivity index (χ1v) is 5.75. The lowest BCUT2D eigenvalue weighted by Gasteiger charge is -2.23. The number of benzene rings is 1. The Hall–Kier alpha value is -1.45. The third-order valence-corrected chi connectivity index (χ3v) is 2.86. The van der Waals surface area contributed by atoms with Gasteiger partial charge in [0, 0.05) is 5.56 Å². The highest BCUT2D eigenvalue weighted by atomic mass is 19.3. The number of carboxylic acid groups (broad SMARTS) is 1. The molecular formula is C14H18F2O2. The van der Waals surface area contributed by atoms with Crippen molar-refractivity contribution in [3.05, 3.63) is 34.9 Å². The molecule has 1 aromatic rings. The fourth-order valence-electron chi connectivity index (χ4n) is 1.83. The molecule has 0 heterocycles. The van der Waals surface area contributed by atoms with Gasteiger partial charge in [0.15, 0.2) is 0 Å². The predicted octanol–water partition coefficient (Wildman–Crippen LogP) is 3.86. The van der Waals surface area contributed by atoms with Crippen molar-refractivity contribution in [2.45, 2.75) is 45.5 Å². The monoisotopic (exact) mass is 256 g/mol. The average molecular weight is 256 g/mol. The summed E-state index contributed by atoms with van der Waals surface area (Å²) in [6, 6.07) is 4.67. The lowest BCUT2D eigenvalue weighted by molar-refractivity contribution is -0.145. The van der Waals surface area contributed by atoms with Gasteiger partial charge in [0.05, 0.1) is 0 Å². The van der Waals surface area contributed by atoms with Crippen LogP contribution in [-0.4, -0.2) is 11.1 Å². The van der Waals surface area contributed by atoms with Crippen molar-refractivity contribution in [2.24, 2.45) is 0 Å². The molecule has 0 saturated carbocycles. The van der Waals surface area contributed by atoms with Crippen LogP contribution in [0, 0.1) is 6.92 Å². The molecule has 4 heteroatoms. The number of hydrogen-bond acceptors (Lipinski definition) is 1. The van der Waals surface area contributed by atoms with Gasteiger partial charge in [-0.1, -0.05) is 39.0 Å². The molecule has 0 spiro atoms. The van der Waals surface area contributed by atoms with E-state index >= 15 is 0 Å². The van der Waals surface area contributed by atoms with Gasteiger partial charge in [-0.25, -0.2) is 8.78 Å². The lowest BCUT2D eigenvalue weighted by atomic mass is 9.84. The molecule has 0 bridgehead atoms. The average Bonchev–Trinajstić information content (AvgIpc) is 2.13. The highest BCUT2D eigenvalue weighted by Gasteiger charge is 2.36. The highest BCUT2D eigenvalue weighted by Crippen LogP contribution is 2.35. The summed E-state index contributed by atoms with van der Waals surface area (Å²) in [7, 11) is 0. The molecule has 0 aliphatic heterocycles. The molecule has 0 atom stereocenters. The summed E-state index contributed by atoms with van der Waals surface area (Å²) in [5.41, 5.74) is 1.05. The Morgan fingerprint density at radius 1 is 1.28 bits per heavy atom. The third kappa shape index (κ3) is 3.28. The Labute approximate surface area is 106 Å². The van der Waals surface area contributed by atoms with E-state index in [9.17, 15) is 13.6 Å². The van der Waals surface area contributed by atoms with E-state index in [1.54, 1.807) is 19.1 Å². The van der Waals surface area contributed by atoms with Crippen molar-refractivity contribution >= 4 is 5.97 Å². The molecule has 0 saturated heterocycles. The highest BCUT2D eigenvalue weighted by molar-refractivity contribution is 5.68. The van der Waals surface area contributed by atoms with Crippen molar-refractivity contribution < 1.29 is 18.7 Å². The minimum absolute atomic E-state index is 0.120. The van der Waals surface area contributed by atoms with E-state index in [-0.39, 0.29) is 11.0 Å². The molecule has 0 fully saturated rings. The first-order valence-electron chi connectivity index (χ1n) is 5.75. The Kier molecular flexibility index (Phi) is 3.79. The summed E-state index contributed by atoms with van der Waals surface area (Å²) < 4.78 is 27.4. The zero-order valence-corrected chi connectivity index (χ0v) is 11.1. The van der Waals surface area contributed by atoms with Gasteiger partial charge in [0.2, 0.25) is 0 Å². The Morgan fingerprint density at radius 2 is 1.83 bits per heavy atom. The van der Waals surface area contributed by atoms with Crippen molar-refractivity contribution in [1.82, 2.24) is 0 Å². The van der Waals surface area contributed by atoms with Gasteiger partial charge in [-0.15, -0.1) is 0 Å². The number of aryl methyl sites for hydroxylation is 1. The molecule has 100 valence electrons. The van der Waals surface area contributed by atoms with Crippen molar-refractivity contribution in [3.63, 3.8) is 0 Å². The maximum absolute atomic E-state index is 13.7. The van der Waals surface area contributed by atoms with Gasteiger partial charge in [0.25, 0.3) is 5.92 Å². The Morgan fingerprint density at radius 3 is 2.22 bits per heavy atom. The number of carbonyl (C=O) groups is 1. The molecule has 18 heavy (non-hydrogen) atoms. The fourth-order valence-corrected chi connectivity index (χ4v) is 1.83. The number of halogens is 2. The zero-order chi connectivity index (χ0) is 14.1. The van der Waals surface area contributed by atoms with Crippen molar-refractivity contribution in [1.29, 1.82) is 0 Å². The fraction of sp³-hybridized carbons (Fsp3) is 0.500. The van der Waals surface area contributed by atoms with Crippen LogP contribution in [0.4, 0.5) is 8.78 Å². The number of aliphatic carboxylic acids is 1. The molecule has 0 amide bonds. The van der Waals surface area contributed by atoms with Crippen molar-refractivity contribution in [3.8, 4) is 0 Å². The quantitative estimate of drug-likeness (QED) is 0.891. The smallest absolute Gasteiger partial charge is 0.309 e. The third-order valence-electron chi connectivity index (χ3n) is 2.86. The van der Waals surface area contributed by atoms with E-state index in [4.69, 9.17) is 5.11 Å². The summed E-state index contributed by atoms with van der Waals surface area (Å²) in [5.74, 6) is -4.83. The number of carboxylic acids is 1. The van der Waals surface area contributed by atoms with Crippen LogP contribution in [0.3, 0.4) is 0 Å². The minimum atomic E-state index is -3.33. The number of hydrogen-bond donors (Lipinski definition) is 1. The van der Waals surface area contributed by atoms with Gasteiger partial charge in [-0.3, -0.25) is 4.79 Å². The van der Waals surface area contributed by atoms with Crippen LogP contribution in [0.15, 0.2) is 18.2 Å². The summed E-state index contributed by atoms with van der Waals surface area (Å²) in [6.07, 6.45) is -1.18. The lowest BCUT2D eigenvalue weighted by Crippen LogP contribution is -2.20. The molecule has 0 unspecified atom stereocenters. The van der Waals surface area contributed by atoms with Crippen LogP contribution in [0.1, 0.15) is 43.9 Å². The van der Waals surface area contributed by atoms with Gasteiger partial charge in [-0.05, 0) is 23.5 Å². The maximum atomic E-state index is 13.7. The van der Waals surface area contributed by atoms with Gasteiger partial charge >= 0.3 is 5.97 Å². The molecule has 1 N–H and O–H groups in total. The standard InChI is InChI=1S/C14H18F2O2/c1-9-7-10(13(2,3)4)5-6-11(9)14(15,16)8-12(17)18/h5-7H,8H2,1-4H3,(H,17,18). The summed E-state index contributed by atoms with van der Waals surface area (Å²) >= 11 is 0. The predicted molar refractivity (Wildman–Crippen MR) is 66.0 cm³/mol. The largest absolute Gasteiger partial charge is 0.481 e. The molecule has 2 nitrogen and oxygen atoms in total. The van der Waals surface area contributed by atoms with E-state index in [1.165, 1.54) is 6.07 Å². The first-order chi connectivity index (χ1) is 8.04.